The molecule has 8 nitrogen and oxygen atoms in total. The van der Waals surface area contributed by atoms with E-state index in [1.165, 1.54) is 6.92 Å². The lowest BCUT2D eigenvalue weighted by Crippen LogP contribution is -2.24. The fourth-order valence-electron chi connectivity index (χ4n) is 2.26. The molecular weight excluding hydrogens is 385 g/mol. The quantitative estimate of drug-likeness (QED) is 0.373. The van der Waals surface area contributed by atoms with E-state index in [-0.39, 0.29) is 23.2 Å². The first-order valence-electron chi connectivity index (χ1n) is 8.15. The van der Waals surface area contributed by atoms with Crippen LogP contribution in [0.15, 0.2) is 47.9 Å². The molecule has 0 aliphatic rings. The molecule has 0 unspecified atom stereocenters. The number of aromatic nitrogens is 3. The second kappa shape index (κ2) is 8.53. The van der Waals surface area contributed by atoms with Gasteiger partial charge in [-0.25, -0.2) is 4.98 Å². The molecule has 2 heterocycles. The number of ketones is 1. The Balaban J connectivity index is 1.82. The van der Waals surface area contributed by atoms with Crippen LogP contribution < -0.4 is 5.32 Å². The first-order valence-corrected chi connectivity index (χ1v) is 8.96. The summed E-state index contributed by atoms with van der Waals surface area (Å²) in [5, 5.41) is 10.1. The number of thiazole rings is 1. The van der Waals surface area contributed by atoms with Crippen molar-refractivity contribution in [2.75, 3.05) is 5.32 Å². The third-order valence-electron chi connectivity index (χ3n) is 3.61. The minimum atomic E-state index is -0.619. The van der Waals surface area contributed by atoms with Crippen molar-refractivity contribution in [2.45, 2.75) is 13.5 Å². The molecule has 0 radical (unpaired) electrons. The van der Waals surface area contributed by atoms with Crippen molar-refractivity contribution in [1.29, 1.82) is 0 Å². The number of rotatable bonds is 7. The maximum absolute atomic E-state index is 13.1. The lowest BCUT2D eigenvalue weighted by Gasteiger charge is -2.07. The molecular formula is C18H16FN5O3S. The van der Waals surface area contributed by atoms with E-state index in [0.717, 1.165) is 6.20 Å². The Kier molecular flexibility index (Phi) is 5.90. The normalized spacial score (nSPS) is 11.3. The molecule has 28 heavy (non-hydrogen) atoms. The molecule has 0 atom stereocenters. The summed E-state index contributed by atoms with van der Waals surface area (Å²) in [4.78, 5) is 33.1. The molecule has 0 spiro atoms. The zero-order valence-corrected chi connectivity index (χ0v) is 15.9. The fourth-order valence-corrected chi connectivity index (χ4v) is 2.80. The van der Waals surface area contributed by atoms with E-state index >= 15 is 0 Å². The van der Waals surface area contributed by atoms with E-state index < -0.39 is 11.0 Å². The summed E-state index contributed by atoms with van der Waals surface area (Å²) in [6.45, 7) is 1.51. The highest BCUT2D eigenvalue weighted by Crippen LogP contribution is 2.17. The predicted octanol–water partition coefficient (Wildman–Crippen LogP) is 2.78. The molecule has 0 bridgehead atoms. The Morgan fingerprint density at radius 2 is 1.96 bits per heavy atom. The maximum Gasteiger partial charge on any atom is 0.280 e. The number of nitrogens with one attached hydrogen (secondary N) is 1. The number of hydrogen-bond donors (Lipinski definition) is 1. The summed E-state index contributed by atoms with van der Waals surface area (Å²) in [5.41, 5.74) is 1.53. The van der Waals surface area contributed by atoms with Crippen LogP contribution in [0.4, 0.5) is 9.52 Å². The van der Waals surface area contributed by atoms with Crippen LogP contribution in [-0.4, -0.2) is 32.2 Å². The third-order valence-corrected chi connectivity index (χ3v) is 4.32. The van der Waals surface area contributed by atoms with E-state index in [0.29, 0.717) is 28.2 Å². The highest BCUT2D eigenvalue weighted by molar-refractivity contribution is 7.14. The highest BCUT2D eigenvalue weighted by Gasteiger charge is 2.18. The number of halogens is 1. The average Bonchev–Trinajstić information content (AvgIpc) is 3.26. The Morgan fingerprint density at radius 3 is 2.54 bits per heavy atom. The molecule has 0 fully saturated rings. The van der Waals surface area contributed by atoms with E-state index in [1.54, 1.807) is 48.3 Å². The van der Waals surface area contributed by atoms with Crippen molar-refractivity contribution in [3.05, 3.63) is 64.7 Å². The molecule has 0 saturated carbocycles. The molecule has 1 N–H and O–H groups in total. The van der Waals surface area contributed by atoms with Crippen LogP contribution in [0.25, 0.3) is 0 Å². The number of benzene rings is 1. The second-order valence-electron chi connectivity index (χ2n) is 5.75. The molecule has 0 saturated heterocycles. The van der Waals surface area contributed by atoms with Crippen molar-refractivity contribution in [3.63, 3.8) is 0 Å². The summed E-state index contributed by atoms with van der Waals surface area (Å²) in [6.07, 6.45) is 2.77. The van der Waals surface area contributed by atoms with Gasteiger partial charge in [0.2, 0.25) is 0 Å². The molecule has 3 aromatic rings. The number of carbonyl (C=O) groups is 2. The van der Waals surface area contributed by atoms with Gasteiger partial charge in [0.15, 0.2) is 28.4 Å². The molecule has 2 aromatic heterocycles. The standard InChI is InChI=1S/C18H16FN5O3S/c1-11(25)12-3-5-13(6-4-12)16(17(26)21-18-20-9-15(19)28-18)23-27-10-14-7-8-24(2)22-14/h3-9H,10H2,1-2H3,(H,20,21,26)/b23-16-. The molecule has 0 aliphatic carbocycles. The summed E-state index contributed by atoms with van der Waals surface area (Å²) in [5.74, 6) is -0.718. The Bertz CT molecular complexity index is 1030. The number of carbonyl (C=O) groups excluding carboxylic acids is 2. The van der Waals surface area contributed by atoms with Crippen LogP contribution in [-0.2, 0) is 23.3 Å². The molecule has 1 amide bonds. The highest BCUT2D eigenvalue weighted by atomic mass is 32.1. The van der Waals surface area contributed by atoms with Crippen molar-refractivity contribution in [2.24, 2.45) is 12.2 Å². The molecule has 0 aliphatic heterocycles. The van der Waals surface area contributed by atoms with Crippen LogP contribution in [0.1, 0.15) is 28.5 Å². The molecule has 144 valence electrons. The first-order chi connectivity index (χ1) is 13.4. The van der Waals surface area contributed by atoms with Crippen molar-refractivity contribution < 1.29 is 18.8 Å². The SMILES string of the molecule is CC(=O)c1ccc(/C(=N/OCc2ccn(C)n2)C(=O)Nc2ncc(F)s2)cc1. The Hall–Kier alpha value is -3.40. The zero-order valence-electron chi connectivity index (χ0n) is 15.0. The smallest absolute Gasteiger partial charge is 0.280 e. The van der Waals surface area contributed by atoms with Gasteiger partial charge in [0.1, 0.15) is 5.69 Å². The molecule has 3 rings (SSSR count). The van der Waals surface area contributed by atoms with E-state index in [2.05, 4.69) is 20.6 Å². The van der Waals surface area contributed by atoms with Crippen molar-refractivity contribution >= 4 is 33.9 Å². The van der Waals surface area contributed by atoms with Crippen LogP contribution in [0.2, 0.25) is 0 Å². The van der Waals surface area contributed by atoms with E-state index in [1.807, 2.05) is 0 Å². The molecule has 1 aromatic carbocycles. The average molecular weight is 401 g/mol. The number of anilines is 1. The van der Waals surface area contributed by atoms with Crippen LogP contribution in [0, 0.1) is 5.13 Å². The van der Waals surface area contributed by atoms with Gasteiger partial charge < -0.3 is 4.84 Å². The monoisotopic (exact) mass is 401 g/mol. The summed E-state index contributed by atoms with van der Waals surface area (Å²) in [6, 6.07) is 8.10. The van der Waals surface area contributed by atoms with E-state index in [4.69, 9.17) is 4.84 Å². The predicted molar refractivity (Wildman–Crippen MR) is 102 cm³/mol. The minimum Gasteiger partial charge on any atom is -0.389 e. The van der Waals surface area contributed by atoms with Gasteiger partial charge in [0, 0.05) is 24.4 Å². The number of nitrogens with zero attached hydrogens (tertiary/aromatic N) is 4. The Morgan fingerprint density at radius 1 is 1.25 bits per heavy atom. The van der Waals surface area contributed by atoms with Gasteiger partial charge in [-0.1, -0.05) is 40.8 Å². The van der Waals surface area contributed by atoms with E-state index in [9.17, 15) is 14.0 Å². The van der Waals surface area contributed by atoms with Gasteiger partial charge in [0.05, 0.1) is 6.20 Å². The summed E-state index contributed by atoms with van der Waals surface area (Å²) in [7, 11) is 1.77. The number of hydrogen-bond acceptors (Lipinski definition) is 7. The van der Waals surface area contributed by atoms with Gasteiger partial charge in [-0.2, -0.15) is 9.49 Å². The first kappa shape index (κ1) is 19.4. The maximum atomic E-state index is 13.1. The zero-order chi connectivity index (χ0) is 20.1. The topological polar surface area (TPSA) is 98.5 Å². The second-order valence-corrected chi connectivity index (χ2v) is 6.73. The van der Waals surface area contributed by atoms with Gasteiger partial charge >= 0.3 is 0 Å². The van der Waals surface area contributed by atoms with Crippen LogP contribution >= 0.6 is 11.3 Å². The largest absolute Gasteiger partial charge is 0.389 e. The van der Waals surface area contributed by atoms with Gasteiger partial charge in [0.25, 0.3) is 5.91 Å². The minimum absolute atomic E-state index is 0.0401. The summed E-state index contributed by atoms with van der Waals surface area (Å²) >= 11 is 0.696. The number of Topliss-reactive ketones (excluding diaryl/α,β-unsaturated/α-hetero) is 1. The van der Waals surface area contributed by atoms with Crippen molar-refractivity contribution in [1.82, 2.24) is 14.8 Å². The van der Waals surface area contributed by atoms with Crippen molar-refractivity contribution in [3.8, 4) is 0 Å². The fraction of sp³-hybridized carbons (Fsp3) is 0.167. The lowest BCUT2D eigenvalue weighted by molar-refractivity contribution is -0.110. The van der Waals surface area contributed by atoms with Crippen LogP contribution in [0.5, 0.6) is 0 Å². The third kappa shape index (κ3) is 4.86. The molecule has 10 heteroatoms. The number of oxime groups is 1. The van der Waals surface area contributed by atoms with Gasteiger partial charge in [-0.3, -0.25) is 19.6 Å². The lowest BCUT2D eigenvalue weighted by atomic mass is 10.1. The van der Waals surface area contributed by atoms with Gasteiger partial charge in [-0.05, 0) is 13.0 Å². The summed E-state index contributed by atoms with van der Waals surface area (Å²) < 4.78 is 14.7. The van der Waals surface area contributed by atoms with Gasteiger partial charge in [-0.15, -0.1) is 0 Å². The number of amides is 1. The van der Waals surface area contributed by atoms with Crippen LogP contribution in [0.3, 0.4) is 0 Å². The number of aryl methyl sites for hydroxylation is 1. The Labute approximate surface area is 163 Å².